The molecule has 42 heavy (non-hydrogen) atoms. The van der Waals surface area contributed by atoms with Crippen molar-refractivity contribution in [2.75, 3.05) is 26.8 Å². The third-order valence-corrected chi connectivity index (χ3v) is 8.05. The summed E-state index contributed by atoms with van der Waals surface area (Å²) in [6.07, 6.45) is 4.24. The minimum atomic E-state index is -0.281. The molecule has 0 saturated heterocycles. The van der Waals surface area contributed by atoms with Crippen LogP contribution < -0.4 is 10.1 Å². The van der Waals surface area contributed by atoms with E-state index in [-0.39, 0.29) is 13.4 Å². The molecule has 1 N–H and O–H groups in total. The first-order chi connectivity index (χ1) is 20.1. The van der Waals surface area contributed by atoms with Crippen LogP contribution in [0.5, 0.6) is 5.75 Å². The fourth-order valence-corrected chi connectivity index (χ4v) is 6.28. The Bertz CT molecular complexity index is 1650. The number of alkyl halides is 1. The third-order valence-electron chi connectivity index (χ3n) is 7.52. The van der Waals surface area contributed by atoms with Crippen LogP contribution in [0.3, 0.4) is 0 Å². The lowest BCUT2D eigenvalue weighted by Crippen LogP contribution is -2.17. The van der Waals surface area contributed by atoms with Crippen molar-refractivity contribution >= 4 is 43.6 Å². The second-order valence-corrected chi connectivity index (χ2v) is 10.6. The molecule has 0 saturated carbocycles. The van der Waals surface area contributed by atoms with Gasteiger partial charge in [0.05, 0.1) is 30.6 Å². The van der Waals surface area contributed by atoms with E-state index >= 15 is 0 Å². The first kappa shape index (κ1) is 31.3. The Balaban J connectivity index is 0.00000405. The monoisotopic (exact) mass is 632 g/mol. The van der Waals surface area contributed by atoms with E-state index in [1.54, 1.807) is 0 Å². The Kier molecular flexibility index (Phi) is 10.8. The lowest BCUT2D eigenvalue weighted by atomic mass is 10.00. The normalized spacial score (nSPS) is 11.1. The predicted octanol–water partition coefficient (Wildman–Crippen LogP) is 7.52. The van der Waals surface area contributed by atoms with Crippen LogP contribution in [0.2, 0.25) is 0 Å². The fraction of sp³-hybridized carbons (Fsp3) is 0.353. The minimum absolute atomic E-state index is 0. The van der Waals surface area contributed by atoms with Gasteiger partial charge in [0, 0.05) is 40.8 Å². The average molecular weight is 634 g/mol. The zero-order valence-corrected chi connectivity index (χ0v) is 25.5. The molecule has 0 spiro atoms. The summed E-state index contributed by atoms with van der Waals surface area (Å²) in [5.41, 5.74) is 5.91. The molecule has 0 amide bonds. The van der Waals surface area contributed by atoms with E-state index < -0.39 is 0 Å². The molecule has 0 aliphatic heterocycles. The van der Waals surface area contributed by atoms with Gasteiger partial charge < -0.3 is 19.4 Å². The van der Waals surface area contributed by atoms with E-state index in [9.17, 15) is 4.79 Å². The molecule has 7 nitrogen and oxygen atoms in total. The molecule has 0 atom stereocenters. The Morgan fingerprint density at radius 2 is 1.76 bits per heavy atom. The summed E-state index contributed by atoms with van der Waals surface area (Å²) in [5.74, 6) is 0.598. The number of hydrogen-bond donors (Lipinski definition) is 1. The zero-order valence-electron chi connectivity index (χ0n) is 24.0. The van der Waals surface area contributed by atoms with E-state index in [2.05, 4.69) is 67.3 Å². The Hall–Kier alpha value is -3.62. The largest absolute Gasteiger partial charge is 0.493 e. The van der Waals surface area contributed by atoms with Crippen LogP contribution in [0.15, 0.2) is 66.9 Å². The number of ether oxygens (including phenoxy) is 2. The molecule has 0 bridgehead atoms. The molecular weight excluding hydrogens is 592 g/mol. The van der Waals surface area contributed by atoms with Crippen LogP contribution in [-0.4, -0.2) is 47.1 Å². The highest BCUT2D eigenvalue weighted by Gasteiger charge is 2.26. The summed E-state index contributed by atoms with van der Waals surface area (Å²) < 4.78 is 16.0. The van der Waals surface area contributed by atoms with Crippen molar-refractivity contribution in [1.29, 1.82) is 0 Å². The van der Waals surface area contributed by atoms with Gasteiger partial charge in [-0.1, -0.05) is 78.0 Å². The minimum Gasteiger partial charge on any atom is -0.493 e. The number of benzene rings is 3. The lowest BCUT2D eigenvalue weighted by molar-refractivity contribution is 0.0512. The van der Waals surface area contributed by atoms with E-state index in [1.165, 1.54) is 0 Å². The summed E-state index contributed by atoms with van der Waals surface area (Å²) in [7, 11) is 3.91. The summed E-state index contributed by atoms with van der Waals surface area (Å²) in [6, 6.07) is 20.7. The number of esters is 1. The Morgan fingerprint density at radius 1 is 1.00 bits per heavy atom. The van der Waals surface area contributed by atoms with Crippen LogP contribution in [-0.2, 0) is 30.1 Å². The van der Waals surface area contributed by atoms with Crippen molar-refractivity contribution in [3.63, 3.8) is 0 Å². The van der Waals surface area contributed by atoms with Gasteiger partial charge in [0.1, 0.15) is 11.4 Å². The smallest absolute Gasteiger partial charge is 0.355 e. The summed E-state index contributed by atoms with van der Waals surface area (Å²) in [5, 5.41) is 11.8. The van der Waals surface area contributed by atoms with Gasteiger partial charge in [0.15, 0.2) is 0 Å². The third kappa shape index (κ3) is 6.25. The first-order valence-corrected chi connectivity index (χ1v) is 15.3. The molecule has 2 aromatic heterocycles. The number of aromatic nitrogens is 3. The highest BCUT2D eigenvalue weighted by molar-refractivity contribution is 9.08. The number of hydrogen-bond acceptors (Lipinski definition) is 5. The average Bonchev–Trinajstić information content (AvgIpc) is 3.52. The highest BCUT2D eigenvalue weighted by Crippen LogP contribution is 2.37. The molecule has 222 valence electrons. The standard InChI is InChI=1S/C33H37BrN4O3.CH4/c1-4-40-33(39)32-26(16-9-20-41-30-17-7-12-23-11-5-6-13-24(23)30)25-14-8-15-27(28-22-36-37(3)29(28)21-34)31(25)38(32)19-10-18-35-2;/h5-8,11-15,17,22,35H,4,9-10,16,18-21H2,1-3H3;1H4. The maximum atomic E-state index is 13.6. The maximum Gasteiger partial charge on any atom is 0.355 e. The highest BCUT2D eigenvalue weighted by atomic mass is 79.9. The molecule has 5 aromatic rings. The molecular formula is C34H41BrN4O3. The van der Waals surface area contributed by atoms with E-state index in [0.29, 0.717) is 37.2 Å². The molecule has 0 fully saturated rings. The van der Waals surface area contributed by atoms with Gasteiger partial charge in [0.2, 0.25) is 0 Å². The second-order valence-electron chi connectivity index (χ2n) is 10.0. The van der Waals surface area contributed by atoms with Gasteiger partial charge >= 0.3 is 5.97 Å². The number of carbonyl (C=O) groups excluding carboxylic acids is 1. The topological polar surface area (TPSA) is 70.3 Å². The predicted molar refractivity (Wildman–Crippen MR) is 176 cm³/mol. The van der Waals surface area contributed by atoms with E-state index in [0.717, 1.165) is 69.2 Å². The van der Waals surface area contributed by atoms with E-state index in [1.807, 2.05) is 56.2 Å². The van der Waals surface area contributed by atoms with E-state index in [4.69, 9.17) is 9.47 Å². The van der Waals surface area contributed by atoms with Crippen molar-refractivity contribution in [3.05, 3.63) is 83.8 Å². The van der Waals surface area contributed by atoms with Gasteiger partial charge in [-0.2, -0.15) is 5.10 Å². The number of aryl methyl sites for hydroxylation is 3. The number of fused-ring (bicyclic) bond motifs is 2. The van der Waals surface area contributed by atoms with Gasteiger partial charge in [-0.15, -0.1) is 0 Å². The number of rotatable bonds is 13. The van der Waals surface area contributed by atoms with Crippen molar-refractivity contribution in [1.82, 2.24) is 19.7 Å². The Labute approximate surface area is 256 Å². The number of halogens is 1. The molecule has 3 aromatic carbocycles. The number of para-hydroxylation sites is 1. The Morgan fingerprint density at radius 3 is 2.55 bits per heavy atom. The van der Waals surface area contributed by atoms with Crippen molar-refractivity contribution in [3.8, 4) is 16.9 Å². The van der Waals surface area contributed by atoms with Gasteiger partial charge in [-0.05, 0) is 56.8 Å². The molecule has 0 unspecified atom stereocenters. The maximum absolute atomic E-state index is 13.6. The quantitative estimate of drug-likeness (QED) is 0.0825. The van der Waals surface area contributed by atoms with Crippen LogP contribution in [0.25, 0.3) is 32.8 Å². The zero-order chi connectivity index (χ0) is 28.8. The second kappa shape index (κ2) is 14.5. The number of nitrogens with one attached hydrogen (secondary N) is 1. The van der Waals surface area contributed by atoms with Crippen LogP contribution >= 0.6 is 15.9 Å². The van der Waals surface area contributed by atoms with Crippen molar-refractivity contribution in [2.45, 2.75) is 45.5 Å². The summed E-state index contributed by atoms with van der Waals surface area (Å²) in [6.45, 7) is 4.26. The molecule has 0 aliphatic carbocycles. The molecule has 2 heterocycles. The van der Waals surface area contributed by atoms with Crippen LogP contribution in [0.1, 0.15) is 48.9 Å². The van der Waals surface area contributed by atoms with Crippen LogP contribution in [0.4, 0.5) is 0 Å². The number of nitrogens with zero attached hydrogens (tertiary/aromatic N) is 3. The molecule has 0 aliphatic rings. The van der Waals surface area contributed by atoms with Crippen molar-refractivity contribution < 1.29 is 14.3 Å². The molecule has 0 radical (unpaired) electrons. The lowest BCUT2D eigenvalue weighted by Gasteiger charge is -2.14. The first-order valence-electron chi connectivity index (χ1n) is 14.2. The summed E-state index contributed by atoms with van der Waals surface area (Å²) >= 11 is 3.65. The van der Waals surface area contributed by atoms with Crippen molar-refractivity contribution in [2.24, 2.45) is 7.05 Å². The van der Waals surface area contributed by atoms with Gasteiger partial charge in [-0.3, -0.25) is 4.68 Å². The number of carbonyl (C=O) groups is 1. The fourth-order valence-electron chi connectivity index (χ4n) is 5.62. The molecule has 5 rings (SSSR count). The van der Waals surface area contributed by atoms with Gasteiger partial charge in [-0.25, -0.2) is 4.79 Å². The van der Waals surface area contributed by atoms with Gasteiger partial charge in [0.25, 0.3) is 0 Å². The van der Waals surface area contributed by atoms with Crippen LogP contribution in [0, 0.1) is 0 Å². The SMILES string of the molecule is C.CCOC(=O)c1c(CCCOc2cccc3ccccc23)c2cccc(-c3cnn(C)c3CBr)c2n1CCCNC. The molecule has 8 heteroatoms. The summed E-state index contributed by atoms with van der Waals surface area (Å²) in [4.78, 5) is 13.6.